The smallest absolute Gasteiger partial charge is 0.338 e. The molecule has 0 radical (unpaired) electrons. The van der Waals surface area contributed by atoms with E-state index in [4.69, 9.17) is 4.52 Å². The molecule has 0 aliphatic carbocycles. The van der Waals surface area contributed by atoms with Crippen molar-refractivity contribution < 1.29 is 17.9 Å². The molecule has 0 saturated heterocycles. The Balaban J connectivity index is 1.80. The fraction of sp³-hybridized carbons (Fsp3) is 0.150. The van der Waals surface area contributed by atoms with E-state index < -0.39 is 14.9 Å². The van der Waals surface area contributed by atoms with Crippen molar-refractivity contribution in [3.05, 3.63) is 80.7 Å². The van der Waals surface area contributed by atoms with Crippen molar-refractivity contribution in [3.8, 4) is 0 Å². The number of rotatable bonds is 6. The van der Waals surface area contributed by atoms with Crippen molar-refractivity contribution in [1.29, 1.82) is 0 Å². The van der Waals surface area contributed by atoms with Crippen LogP contribution < -0.4 is 4.72 Å². The van der Waals surface area contributed by atoms with Crippen LogP contribution in [0.25, 0.3) is 12.2 Å². The molecule has 1 heterocycles. The molecular formula is C20H19N3O5S. The van der Waals surface area contributed by atoms with Gasteiger partial charge in [0.1, 0.15) is 0 Å². The lowest BCUT2D eigenvalue weighted by molar-refractivity contribution is -0.386. The largest absolute Gasteiger partial charge is 0.349 e. The second-order valence-electron chi connectivity index (χ2n) is 6.62. The first-order valence-electron chi connectivity index (χ1n) is 8.65. The fourth-order valence-electron chi connectivity index (χ4n) is 2.89. The molecule has 0 spiro atoms. The molecule has 0 bridgehead atoms. The van der Waals surface area contributed by atoms with Gasteiger partial charge in [-0.2, -0.15) is 0 Å². The molecule has 150 valence electrons. The zero-order chi connectivity index (χ0) is 21.2. The molecule has 0 unspecified atom stereocenters. The van der Waals surface area contributed by atoms with Crippen molar-refractivity contribution in [2.75, 3.05) is 4.72 Å². The highest BCUT2D eigenvalue weighted by Gasteiger charge is 2.22. The molecule has 0 saturated carbocycles. The summed E-state index contributed by atoms with van der Waals surface area (Å²) in [5, 5.41) is 14.7. The molecule has 9 heteroatoms. The van der Waals surface area contributed by atoms with Crippen molar-refractivity contribution in [2.45, 2.75) is 25.7 Å². The Hall–Kier alpha value is -3.46. The Morgan fingerprint density at radius 3 is 2.24 bits per heavy atom. The van der Waals surface area contributed by atoms with Gasteiger partial charge < -0.3 is 4.52 Å². The quantitative estimate of drug-likeness (QED) is 0.470. The van der Waals surface area contributed by atoms with Crippen LogP contribution in [0.15, 0.2) is 51.9 Å². The summed E-state index contributed by atoms with van der Waals surface area (Å²) in [7, 11) is -3.74. The highest BCUT2D eigenvalue weighted by molar-refractivity contribution is 7.92. The molecule has 2 aromatic carbocycles. The van der Waals surface area contributed by atoms with Gasteiger partial charge in [-0.1, -0.05) is 29.4 Å². The molecule has 0 aliphatic heterocycles. The SMILES string of the molecule is Cc1cc(C)cc(NS(=O)(=O)c2ccc(/C=C/c3onc(C)c3[N+](=O)[O-])cc2)c1. The normalized spacial score (nSPS) is 11.7. The van der Waals surface area contributed by atoms with E-state index >= 15 is 0 Å². The van der Waals surface area contributed by atoms with Gasteiger partial charge >= 0.3 is 5.69 Å². The second kappa shape index (κ2) is 7.88. The maximum atomic E-state index is 12.6. The van der Waals surface area contributed by atoms with E-state index in [1.54, 1.807) is 30.3 Å². The molecule has 1 aromatic heterocycles. The van der Waals surface area contributed by atoms with Crippen molar-refractivity contribution in [3.63, 3.8) is 0 Å². The molecule has 0 fully saturated rings. The zero-order valence-electron chi connectivity index (χ0n) is 16.0. The third-order valence-corrected chi connectivity index (χ3v) is 5.53. The fourth-order valence-corrected chi connectivity index (χ4v) is 3.93. The third kappa shape index (κ3) is 4.69. The van der Waals surface area contributed by atoms with E-state index in [1.807, 2.05) is 19.9 Å². The molecule has 0 aliphatic rings. The van der Waals surface area contributed by atoms with Crippen LogP contribution in [-0.2, 0) is 10.0 Å². The number of aryl methyl sites for hydroxylation is 3. The Kier molecular flexibility index (Phi) is 5.51. The zero-order valence-corrected chi connectivity index (χ0v) is 16.9. The van der Waals surface area contributed by atoms with E-state index in [1.165, 1.54) is 25.1 Å². The number of hydrogen-bond donors (Lipinski definition) is 1. The molecule has 3 aromatic rings. The highest BCUT2D eigenvalue weighted by Crippen LogP contribution is 2.25. The number of anilines is 1. The maximum Gasteiger partial charge on any atom is 0.338 e. The topological polar surface area (TPSA) is 115 Å². The summed E-state index contributed by atoms with van der Waals surface area (Å²) in [4.78, 5) is 10.6. The Bertz CT molecular complexity index is 1180. The van der Waals surface area contributed by atoms with Crippen LogP contribution in [-0.4, -0.2) is 18.5 Å². The number of nitrogens with zero attached hydrogens (tertiary/aromatic N) is 2. The third-order valence-electron chi connectivity index (χ3n) is 4.13. The van der Waals surface area contributed by atoms with Crippen molar-refractivity contribution in [2.24, 2.45) is 0 Å². The number of hydrogen-bond acceptors (Lipinski definition) is 6. The van der Waals surface area contributed by atoms with Gasteiger partial charge in [0.05, 0.1) is 9.82 Å². The number of nitrogens with one attached hydrogen (secondary N) is 1. The molecule has 8 nitrogen and oxygen atoms in total. The lowest BCUT2D eigenvalue weighted by Crippen LogP contribution is -2.13. The first-order chi connectivity index (χ1) is 13.7. The lowest BCUT2D eigenvalue weighted by Gasteiger charge is -2.10. The van der Waals surface area contributed by atoms with E-state index in [0.717, 1.165) is 11.1 Å². The maximum absolute atomic E-state index is 12.6. The Morgan fingerprint density at radius 1 is 1.03 bits per heavy atom. The number of benzene rings is 2. The van der Waals surface area contributed by atoms with Crippen molar-refractivity contribution in [1.82, 2.24) is 5.16 Å². The number of aromatic nitrogens is 1. The predicted octanol–water partition coefficient (Wildman–Crippen LogP) is 4.48. The lowest BCUT2D eigenvalue weighted by atomic mass is 10.1. The van der Waals surface area contributed by atoms with Gasteiger partial charge in [0.15, 0.2) is 5.69 Å². The summed E-state index contributed by atoms with van der Waals surface area (Å²) < 4.78 is 32.7. The number of sulfonamides is 1. The van der Waals surface area contributed by atoms with Crippen LogP contribution >= 0.6 is 0 Å². The summed E-state index contributed by atoms with van der Waals surface area (Å²) in [6, 6.07) is 11.6. The summed E-state index contributed by atoms with van der Waals surface area (Å²) in [5.41, 5.74) is 3.06. The van der Waals surface area contributed by atoms with Crippen molar-refractivity contribution >= 4 is 33.6 Å². The van der Waals surface area contributed by atoms with E-state index in [9.17, 15) is 18.5 Å². The van der Waals surface area contributed by atoms with Gasteiger partial charge in [-0.3, -0.25) is 14.8 Å². The summed E-state index contributed by atoms with van der Waals surface area (Å²) in [6.07, 6.45) is 3.01. The van der Waals surface area contributed by atoms with E-state index in [-0.39, 0.29) is 22.0 Å². The van der Waals surface area contributed by atoms with Gasteiger partial charge in [0.2, 0.25) is 5.76 Å². The highest BCUT2D eigenvalue weighted by atomic mass is 32.2. The molecule has 29 heavy (non-hydrogen) atoms. The number of nitro groups is 1. The standard InChI is InChI=1S/C20H19N3O5S/c1-13-10-14(2)12-17(11-13)22-29(26,27)18-7-4-16(5-8-18)6-9-19-20(23(24)25)15(3)21-28-19/h4-12,22H,1-3H3/b9-6+. The molecule has 0 amide bonds. The minimum Gasteiger partial charge on any atom is -0.349 e. The molecule has 0 atom stereocenters. The average molecular weight is 413 g/mol. The van der Waals surface area contributed by atoms with E-state index in [2.05, 4.69) is 9.88 Å². The summed E-state index contributed by atoms with van der Waals surface area (Å²) in [5.74, 6) is 0.0284. The minimum atomic E-state index is -3.74. The molecule has 1 N–H and O–H groups in total. The van der Waals surface area contributed by atoms with Gasteiger partial charge in [-0.15, -0.1) is 0 Å². The van der Waals surface area contributed by atoms with Crippen LogP contribution in [0.1, 0.15) is 28.1 Å². The van der Waals surface area contributed by atoms with Gasteiger partial charge in [0, 0.05) is 5.69 Å². The molecular weight excluding hydrogens is 394 g/mol. The van der Waals surface area contributed by atoms with Crippen LogP contribution in [0.4, 0.5) is 11.4 Å². The van der Waals surface area contributed by atoms with Gasteiger partial charge in [-0.05, 0) is 67.8 Å². The van der Waals surface area contributed by atoms with Crippen LogP contribution in [0, 0.1) is 30.9 Å². The van der Waals surface area contributed by atoms with Gasteiger partial charge in [0.25, 0.3) is 10.0 Å². The average Bonchev–Trinajstić information content (AvgIpc) is 3.00. The first kappa shape index (κ1) is 20.3. The predicted molar refractivity (Wildman–Crippen MR) is 110 cm³/mol. The van der Waals surface area contributed by atoms with Crippen LogP contribution in [0.5, 0.6) is 0 Å². The monoisotopic (exact) mass is 413 g/mol. The molecule has 3 rings (SSSR count). The van der Waals surface area contributed by atoms with Gasteiger partial charge in [-0.25, -0.2) is 8.42 Å². The van der Waals surface area contributed by atoms with Crippen LogP contribution in [0.2, 0.25) is 0 Å². The Morgan fingerprint density at radius 2 is 1.66 bits per heavy atom. The first-order valence-corrected chi connectivity index (χ1v) is 10.1. The summed E-state index contributed by atoms with van der Waals surface area (Å²) in [6.45, 7) is 5.28. The summed E-state index contributed by atoms with van der Waals surface area (Å²) >= 11 is 0. The van der Waals surface area contributed by atoms with Crippen LogP contribution in [0.3, 0.4) is 0 Å². The Labute approximate surface area is 168 Å². The van der Waals surface area contributed by atoms with E-state index in [0.29, 0.717) is 11.3 Å². The second-order valence-corrected chi connectivity index (χ2v) is 8.30. The minimum absolute atomic E-state index is 0.0284.